The number of nitrogens with zero attached hydrogens (tertiary/aromatic N) is 4. The molecule has 1 saturated heterocycles. The summed E-state index contributed by atoms with van der Waals surface area (Å²) >= 11 is 0. The number of hydrogen-bond acceptors (Lipinski definition) is 6. The zero-order valence-corrected chi connectivity index (χ0v) is 20.5. The van der Waals surface area contributed by atoms with Crippen LogP contribution in [-0.2, 0) is 27.4 Å². The molecule has 1 spiro atoms. The lowest BCUT2D eigenvalue weighted by Crippen LogP contribution is -2.61. The number of carbonyl (C=O) groups excluding carboxylic acids is 1. The van der Waals surface area contributed by atoms with Crippen molar-refractivity contribution in [2.75, 3.05) is 39.4 Å². The van der Waals surface area contributed by atoms with Gasteiger partial charge in [0, 0.05) is 31.8 Å². The molecule has 0 N–H and O–H groups in total. The Labute approximate surface area is 206 Å². The molecule has 0 aromatic heterocycles. The number of guanidine groups is 1. The Morgan fingerprint density at radius 1 is 0.914 bits per heavy atom. The minimum atomic E-state index is -0.712. The van der Waals surface area contributed by atoms with Crippen LogP contribution in [0.25, 0.3) is 0 Å². The summed E-state index contributed by atoms with van der Waals surface area (Å²) in [6.07, 6.45) is 0.806. The molecule has 6 rings (SSSR count). The minimum Gasteiger partial charge on any atom is -0.344 e. The highest BCUT2D eigenvalue weighted by Gasteiger charge is 2.48. The van der Waals surface area contributed by atoms with E-state index in [1.54, 1.807) is 0 Å². The van der Waals surface area contributed by atoms with Crippen LogP contribution < -0.4 is 0 Å². The third-order valence-electron chi connectivity index (χ3n) is 7.37. The Morgan fingerprint density at radius 3 is 2.20 bits per heavy atom. The molecule has 4 aliphatic rings. The van der Waals surface area contributed by atoms with Gasteiger partial charge in [-0.3, -0.25) is 14.6 Å². The van der Waals surface area contributed by atoms with Crippen LogP contribution in [0, 0.1) is 13.8 Å². The van der Waals surface area contributed by atoms with Crippen LogP contribution in [0.3, 0.4) is 0 Å². The normalized spacial score (nSPS) is 21.9. The van der Waals surface area contributed by atoms with Gasteiger partial charge in [0.05, 0.1) is 38.4 Å². The van der Waals surface area contributed by atoms with Gasteiger partial charge in [0.2, 0.25) is 11.7 Å². The lowest BCUT2D eigenvalue weighted by Gasteiger charge is -2.48. The van der Waals surface area contributed by atoms with Crippen molar-refractivity contribution in [1.82, 2.24) is 14.7 Å². The van der Waals surface area contributed by atoms with Crippen LogP contribution in [0.2, 0.25) is 0 Å². The predicted molar refractivity (Wildman–Crippen MR) is 133 cm³/mol. The summed E-state index contributed by atoms with van der Waals surface area (Å²) in [4.78, 5) is 25.2. The number of aryl methyl sites for hydroxylation is 2. The van der Waals surface area contributed by atoms with E-state index in [-0.39, 0.29) is 5.91 Å². The maximum atomic E-state index is 13.9. The van der Waals surface area contributed by atoms with E-state index in [2.05, 4.69) is 72.2 Å². The third kappa shape index (κ3) is 4.29. The van der Waals surface area contributed by atoms with Crippen LogP contribution >= 0.6 is 0 Å². The molecule has 182 valence electrons. The van der Waals surface area contributed by atoms with Gasteiger partial charge in [0.25, 0.3) is 5.91 Å². The second kappa shape index (κ2) is 8.90. The Kier molecular flexibility index (Phi) is 5.71. The number of amides is 1. The molecule has 0 radical (unpaired) electrons. The van der Waals surface area contributed by atoms with Gasteiger partial charge in [-0.25, -0.2) is 4.99 Å². The zero-order chi connectivity index (χ0) is 24.0. The van der Waals surface area contributed by atoms with Crippen molar-refractivity contribution in [2.45, 2.75) is 39.1 Å². The fourth-order valence-electron chi connectivity index (χ4n) is 5.42. The Morgan fingerprint density at radius 2 is 1.54 bits per heavy atom. The molecule has 7 heteroatoms. The summed E-state index contributed by atoms with van der Waals surface area (Å²) in [5, 5.41) is 0. The number of benzene rings is 2. The van der Waals surface area contributed by atoms with Crippen molar-refractivity contribution in [3.05, 3.63) is 82.1 Å². The van der Waals surface area contributed by atoms with Crippen molar-refractivity contribution in [2.24, 2.45) is 4.99 Å². The average Bonchev–Trinajstić information content (AvgIpc) is 3.32. The molecule has 1 fully saturated rings. The second-order valence-electron chi connectivity index (χ2n) is 10.1. The number of fused-ring (bicyclic) bond motifs is 2. The lowest BCUT2D eigenvalue weighted by molar-refractivity contribution is -0.160. The van der Waals surface area contributed by atoms with Crippen molar-refractivity contribution in [3.63, 3.8) is 0 Å². The number of aliphatic imine (C=N–C) groups is 1. The van der Waals surface area contributed by atoms with E-state index in [1.807, 2.05) is 4.90 Å². The zero-order valence-electron chi connectivity index (χ0n) is 20.5. The maximum absolute atomic E-state index is 13.9. The third-order valence-corrected chi connectivity index (χ3v) is 7.37. The largest absolute Gasteiger partial charge is 0.344 e. The monoisotopic (exact) mass is 472 g/mol. The van der Waals surface area contributed by atoms with Gasteiger partial charge in [-0.05, 0) is 25.0 Å². The fraction of sp³-hybridized carbons (Fsp3) is 0.429. The molecule has 0 saturated carbocycles. The van der Waals surface area contributed by atoms with Crippen molar-refractivity contribution in [3.8, 4) is 0 Å². The topological polar surface area (TPSA) is 57.6 Å². The highest BCUT2D eigenvalue weighted by molar-refractivity contribution is 6.09. The lowest BCUT2D eigenvalue weighted by atomic mass is 9.98. The summed E-state index contributed by atoms with van der Waals surface area (Å²) in [5.74, 6) is 0.0794. The molecule has 2 aromatic carbocycles. The molecule has 4 heterocycles. The van der Waals surface area contributed by atoms with Gasteiger partial charge >= 0.3 is 0 Å². The van der Waals surface area contributed by atoms with E-state index in [4.69, 9.17) is 14.5 Å². The maximum Gasteiger partial charge on any atom is 0.259 e. The minimum absolute atomic E-state index is 0.0633. The van der Waals surface area contributed by atoms with Gasteiger partial charge in [-0.2, -0.15) is 0 Å². The Balaban J connectivity index is 1.31. The highest BCUT2D eigenvalue weighted by Crippen LogP contribution is 2.36. The summed E-state index contributed by atoms with van der Waals surface area (Å²) in [5.41, 5.74) is 6.77. The van der Waals surface area contributed by atoms with Gasteiger partial charge in [0.15, 0.2) is 0 Å². The number of hydrogen-bond donors (Lipinski definition) is 0. The molecule has 0 unspecified atom stereocenters. The van der Waals surface area contributed by atoms with Crippen molar-refractivity contribution in [1.29, 1.82) is 0 Å². The molecule has 35 heavy (non-hydrogen) atoms. The molecule has 7 nitrogen and oxygen atoms in total. The first-order valence-corrected chi connectivity index (χ1v) is 12.5. The first-order chi connectivity index (χ1) is 17.0. The summed E-state index contributed by atoms with van der Waals surface area (Å²) < 4.78 is 12.0. The molecule has 1 amide bonds. The van der Waals surface area contributed by atoms with Gasteiger partial charge in [-0.15, -0.1) is 0 Å². The molecule has 2 aromatic rings. The Bertz CT molecular complexity index is 1180. The highest BCUT2D eigenvalue weighted by atomic mass is 16.7. The van der Waals surface area contributed by atoms with Gasteiger partial charge < -0.3 is 14.4 Å². The first-order valence-electron chi connectivity index (χ1n) is 12.5. The van der Waals surface area contributed by atoms with E-state index in [9.17, 15) is 4.79 Å². The smallest absolute Gasteiger partial charge is 0.259 e. The summed E-state index contributed by atoms with van der Waals surface area (Å²) in [6, 6.07) is 17.0. The van der Waals surface area contributed by atoms with Crippen LogP contribution in [-0.4, -0.2) is 71.7 Å². The van der Waals surface area contributed by atoms with Crippen LogP contribution in [0.1, 0.15) is 28.7 Å². The van der Waals surface area contributed by atoms with Crippen molar-refractivity contribution >= 4 is 11.9 Å². The van der Waals surface area contributed by atoms with Crippen LogP contribution in [0.4, 0.5) is 0 Å². The number of ether oxygens (including phenoxy) is 2. The molecular weight excluding hydrogens is 440 g/mol. The van der Waals surface area contributed by atoms with Crippen LogP contribution in [0.5, 0.6) is 0 Å². The van der Waals surface area contributed by atoms with E-state index in [1.165, 1.54) is 16.7 Å². The SMILES string of the molecule is Cc1ccc(CN2CCC3=C(C2)C(=O)N(Cc2ccc(C)cc2)C2=NCC4(CN23)OCCO4)cc1. The first kappa shape index (κ1) is 22.5. The quantitative estimate of drug-likeness (QED) is 0.684. The van der Waals surface area contributed by atoms with E-state index >= 15 is 0 Å². The molecule has 0 aliphatic carbocycles. The van der Waals surface area contributed by atoms with Crippen LogP contribution in [0.15, 0.2) is 64.8 Å². The average molecular weight is 473 g/mol. The summed E-state index contributed by atoms with van der Waals surface area (Å²) in [7, 11) is 0. The summed E-state index contributed by atoms with van der Waals surface area (Å²) in [6.45, 7) is 9.19. The molecule has 0 bridgehead atoms. The Hall–Kier alpha value is -3.00. The van der Waals surface area contributed by atoms with Crippen molar-refractivity contribution < 1.29 is 14.3 Å². The van der Waals surface area contributed by atoms with E-state index in [0.29, 0.717) is 39.4 Å². The molecule has 0 atom stereocenters. The molecule has 4 aliphatic heterocycles. The number of rotatable bonds is 4. The standard InChI is InChI=1S/C28H32N4O3/c1-20-3-7-22(8-4-20)15-30-12-11-25-24(17-30)26(33)31(16-23-9-5-21(2)6-10-23)27-29-18-28(19-32(25)27)34-13-14-35-28/h3-10H,11-19H2,1-2H3. The van der Waals surface area contributed by atoms with Gasteiger partial charge in [0.1, 0.15) is 0 Å². The second-order valence-corrected chi connectivity index (χ2v) is 10.1. The van der Waals surface area contributed by atoms with E-state index in [0.717, 1.165) is 42.3 Å². The predicted octanol–water partition coefficient (Wildman–Crippen LogP) is 3.22. The number of carbonyl (C=O) groups is 1. The molecular formula is C28H32N4O3. The van der Waals surface area contributed by atoms with E-state index < -0.39 is 5.79 Å². The van der Waals surface area contributed by atoms with Gasteiger partial charge in [-0.1, -0.05) is 59.7 Å². The fourth-order valence-corrected chi connectivity index (χ4v) is 5.42.